The first-order valence-corrected chi connectivity index (χ1v) is 15.8. The van der Waals surface area contributed by atoms with Crippen LogP contribution in [-0.2, 0) is 31.0 Å². The van der Waals surface area contributed by atoms with Gasteiger partial charge in [0.25, 0.3) is 9.84 Å². The number of nitrogens with zero attached hydrogens (tertiary/aromatic N) is 1. The predicted octanol–water partition coefficient (Wildman–Crippen LogP) is 4.08. The molecule has 1 saturated heterocycles. The summed E-state index contributed by atoms with van der Waals surface area (Å²) in [7, 11) is -10.2. The third-order valence-corrected chi connectivity index (χ3v) is 9.95. The standard InChI is InChI=1S/C24H31F3N2O5S3/c1-2-20-16-29(12-13-34-20)11-10-18(17-35-21-6-4-3-5-7-21)14-19-8-9-22(37(28,32)33)15-23(19)36(30,31)24(25,26)27/h3-9,15,18,20H,2,10-14,16-17H2,1H3,(H2,28,32,33)/t18-,20-/m0/s1. The van der Waals surface area contributed by atoms with Crippen molar-refractivity contribution < 1.29 is 34.7 Å². The van der Waals surface area contributed by atoms with E-state index in [4.69, 9.17) is 9.88 Å². The fraction of sp³-hybridized carbons (Fsp3) is 0.500. The first kappa shape index (κ1) is 29.9. The molecule has 13 heteroatoms. The number of thioether (sulfide) groups is 1. The number of halogens is 3. The Morgan fingerprint density at radius 2 is 1.84 bits per heavy atom. The van der Waals surface area contributed by atoms with Gasteiger partial charge < -0.3 is 4.74 Å². The molecule has 0 aromatic heterocycles. The van der Waals surface area contributed by atoms with Gasteiger partial charge in [0, 0.05) is 23.7 Å². The lowest BCUT2D eigenvalue weighted by Crippen LogP contribution is -2.43. The number of alkyl halides is 3. The summed E-state index contributed by atoms with van der Waals surface area (Å²) >= 11 is 1.53. The molecule has 1 fully saturated rings. The Labute approximate surface area is 220 Å². The summed E-state index contributed by atoms with van der Waals surface area (Å²) in [4.78, 5) is 1.47. The van der Waals surface area contributed by atoms with E-state index in [0.717, 1.165) is 36.5 Å². The lowest BCUT2D eigenvalue weighted by atomic mass is 9.97. The number of sulfonamides is 1. The van der Waals surface area contributed by atoms with E-state index < -0.39 is 35.2 Å². The summed E-state index contributed by atoms with van der Waals surface area (Å²) in [6.07, 6.45) is 1.63. The van der Waals surface area contributed by atoms with Crippen molar-refractivity contribution in [2.45, 2.75) is 52.5 Å². The SMILES string of the molecule is CC[C@H]1CN(CC[C@H](CSc2ccccc2)Cc2ccc(S(N)(=O)=O)cc2S(=O)(=O)C(F)(F)F)CCO1. The van der Waals surface area contributed by atoms with Gasteiger partial charge in [-0.1, -0.05) is 31.2 Å². The third kappa shape index (κ3) is 8.17. The molecule has 0 aliphatic carbocycles. The molecule has 37 heavy (non-hydrogen) atoms. The Morgan fingerprint density at radius 3 is 2.46 bits per heavy atom. The van der Waals surface area contributed by atoms with E-state index in [1.807, 2.05) is 37.3 Å². The number of morpholine rings is 1. The topological polar surface area (TPSA) is 107 Å². The Hall–Kier alpha value is -1.64. The Bertz CT molecular complexity index is 1260. The molecule has 1 aliphatic rings. The number of sulfone groups is 1. The van der Waals surface area contributed by atoms with Crippen molar-refractivity contribution in [3.8, 4) is 0 Å². The number of rotatable bonds is 11. The molecule has 2 aromatic carbocycles. The second-order valence-corrected chi connectivity index (χ2v) is 13.5. The quantitative estimate of drug-likeness (QED) is 0.399. The molecule has 3 rings (SSSR count). The molecule has 206 valence electrons. The summed E-state index contributed by atoms with van der Waals surface area (Å²) in [6.45, 7) is 4.82. The highest BCUT2D eigenvalue weighted by Gasteiger charge is 2.48. The molecule has 2 N–H and O–H groups in total. The van der Waals surface area contributed by atoms with Gasteiger partial charge in [0.2, 0.25) is 10.0 Å². The molecule has 1 heterocycles. The third-order valence-electron chi connectivity index (χ3n) is 6.23. The minimum Gasteiger partial charge on any atom is -0.376 e. The Morgan fingerprint density at radius 1 is 1.14 bits per heavy atom. The van der Waals surface area contributed by atoms with Crippen LogP contribution < -0.4 is 5.14 Å². The van der Waals surface area contributed by atoms with Crippen molar-refractivity contribution in [2.75, 3.05) is 32.0 Å². The van der Waals surface area contributed by atoms with Gasteiger partial charge in [0.05, 0.1) is 22.5 Å². The van der Waals surface area contributed by atoms with Crippen molar-refractivity contribution in [3.63, 3.8) is 0 Å². The largest absolute Gasteiger partial charge is 0.501 e. The smallest absolute Gasteiger partial charge is 0.376 e. The average molecular weight is 581 g/mol. The fourth-order valence-corrected chi connectivity index (χ4v) is 6.84. The van der Waals surface area contributed by atoms with Gasteiger partial charge in [-0.2, -0.15) is 13.2 Å². The fourth-order valence-electron chi connectivity index (χ4n) is 4.14. The van der Waals surface area contributed by atoms with E-state index in [2.05, 4.69) is 4.90 Å². The average Bonchev–Trinajstić information content (AvgIpc) is 2.85. The van der Waals surface area contributed by atoms with Crippen LogP contribution in [0.5, 0.6) is 0 Å². The van der Waals surface area contributed by atoms with Crippen LogP contribution in [0.3, 0.4) is 0 Å². The van der Waals surface area contributed by atoms with Crippen molar-refractivity contribution >= 4 is 31.6 Å². The number of hydrogen-bond donors (Lipinski definition) is 1. The minimum absolute atomic E-state index is 0.0247. The van der Waals surface area contributed by atoms with E-state index in [0.29, 0.717) is 31.4 Å². The van der Waals surface area contributed by atoms with Gasteiger partial charge >= 0.3 is 5.51 Å². The molecule has 0 spiro atoms. The second kappa shape index (κ2) is 12.5. The minimum atomic E-state index is -5.80. The van der Waals surface area contributed by atoms with Crippen molar-refractivity contribution in [2.24, 2.45) is 11.1 Å². The summed E-state index contributed by atoms with van der Waals surface area (Å²) in [5.41, 5.74) is -5.67. The summed E-state index contributed by atoms with van der Waals surface area (Å²) in [5.74, 6) is 0.351. The highest BCUT2D eigenvalue weighted by Crippen LogP contribution is 2.35. The Balaban J connectivity index is 1.90. The number of primary sulfonamides is 1. The number of benzene rings is 2. The first-order valence-electron chi connectivity index (χ1n) is 11.8. The molecule has 0 saturated carbocycles. The second-order valence-electron chi connectivity index (χ2n) is 8.95. The highest BCUT2D eigenvalue weighted by atomic mass is 32.2. The number of ether oxygens (including phenoxy) is 1. The molecule has 7 nitrogen and oxygen atoms in total. The normalized spacial score (nSPS) is 18.6. The van der Waals surface area contributed by atoms with Crippen LogP contribution in [0.15, 0.2) is 63.2 Å². The monoisotopic (exact) mass is 580 g/mol. The van der Waals surface area contributed by atoms with E-state index >= 15 is 0 Å². The zero-order chi connectivity index (χ0) is 27.3. The lowest BCUT2D eigenvalue weighted by molar-refractivity contribution is -0.0436. The Kier molecular flexibility index (Phi) is 10.1. The maximum atomic E-state index is 13.5. The molecule has 0 bridgehead atoms. The van der Waals surface area contributed by atoms with E-state index in [-0.39, 0.29) is 24.0 Å². The van der Waals surface area contributed by atoms with Crippen LogP contribution in [0, 0.1) is 5.92 Å². The molecular weight excluding hydrogens is 549 g/mol. The van der Waals surface area contributed by atoms with Crippen LogP contribution in [0.25, 0.3) is 0 Å². The van der Waals surface area contributed by atoms with Crippen LogP contribution in [0.2, 0.25) is 0 Å². The number of nitrogens with two attached hydrogens (primary N) is 1. The maximum absolute atomic E-state index is 13.5. The summed E-state index contributed by atoms with van der Waals surface area (Å²) < 4.78 is 94.6. The molecule has 0 radical (unpaired) electrons. The van der Waals surface area contributed by atoms with Crippen LogP contribution in [0.4, 0.5) is 13.2 Å². The van der Waals surface area contributed by atoms with Crippen molar-refractivity contribution in [1.82, 2.24) is 4.90 Å². The van der Waals surface area contributed by atoms with Crippen LogP contribution >= 0.6 is 11.8 Å². The predicted molar refractivity (Wildman–Crippen MR) is 137 cm³/mol. The van der Waals surface area contributed by atoms with Gasteiger partial charge in [-0.15, -0.1) is 11.8 Å². The lowest BCUT2D eigenvalue weighted by Gasteiger charge is -2.33. The van der Waals surface area contributed by atoms with Crippen molar-refractivity contribution in [3.05, 3.63) is 54.1 Å². The molecule has 2 atom stereocenters. The van der Waals surface area contributed by atoms with Gasteiger partial charge in [-0.25, -0.2) is 22.0 Å². The summed E-state index contributed by atoms with van der Waals surface area (Å²) in [5, 5.41) is 5.07. The van der Waals surface area contributed by atoms with Crippen molar-refractivity contribution in [1.29, 1.82) is 0 Å². The molecule has 1 aliphatic heterocycles. The zero-order valence-corrected chi connectivity index (χ0v) is 22.8. The first-order chi connectivity index (χ1) is 17.3. The maximum Gasteiger partial charge on any atom is 0.501 e. The summed E-state index contributed by atoms with van der Waals surface area (Å²) in [6, 6.07) is 12.2. The van der Waals surface area contributed by atoms with E-state index in [9.17, 15) is 30.0 Å². The van der Waals surface area contributed by atoms with Gasteiger partial charge in [0.1, 0.15) is 0 Å². The van der Waals surface area contributed by atoms with Crippen LogP contribution in [0.1, 0.15) is 25.3 Å². The van der Waals surface area contributed by atoms with E-state index in [1.54, 1.807) is 0 Å². The molecule has 0 amide bonds. The zero-order valence-electron chi connectivity index (χ0n) is 20.4. The number of hydrogen-bond acceptors (Lipinski definition) is 7. The van der Waals surface area contributed by atoms with Gasteiger partial charge in [0.15, 0.2) is 0 Å². The highest BCUT2D eigenvalue weighted by molar-refractivity contribution is 7.99. The molecular formula is C24H31F3N2O5S3. The van der Waals surface area contributed by atoms with Crippen LogP contribution in [-0.4, -0.2) is 65.3 Å². The molecule has 0 unspecified atom stereocenters. The van der Waals surface area contributed by atoms with Gasteiger partial charge in [-0.05, 0) is 61.6 Å². The van der Waals surface area contributed by atoms with Gasteiger partial charge in [-0.3, -0.25) is 4.90 Å². The van der Waals surface area contributed by atoms with E-state index in [1.165, 1.54) is 11.8 Å². The molecule has 2 aromatic rings.